The molecule has 2 unspecified atom stereocenters. The summed E-state index contributed by atoms with van der Waals surface area (Å²) in [7, 11) is 1.69. The smallest absolute Gasteiger partial charge is 0.339 e. The maximum Gasteiger partial charge on any atom is 0.339 e. The number of nitrogens with zero attached hydrogens (tertiary/aromatic N) is 2. The first kappa shape index (κ1) is 14.0. The number of carbonyl (C=O) groups is 1. The minimum Gasteiger partial charge on any atom is -0.478 e. The Bertz CT molecular complexity index is 474. The Morgan fingerprint density at radius 3 is 3.05 bits per heavy atom. The van der Waals surface area contributed by atoms with Crippen molar-refractivity contribution in [3.05, 3.63) is 17.5 Å². The number of nitrogens with one attached hydrogen (secondary N) is 1. The zero-order valence-electron chi connectivity index (χ0n) is 11.1. The predicted octanol–water partition coefficient (Wildman–Crippen LogP) is -0.252. The van der Waals surface area contributed by atoms with Gasteiger partial charge in [0.15, 0.2) is 0 Å². The van der Waals surface area contributed by atoms with Crippen molar-refractivity contribution in [3.63, 3.8) is 0 Å². The van der Waals surface area contributed by atoms with Gasteiger partial charge >= 0.3 is 5.97 Å². The molecule has 1 fully saturated rings. The van der Waals surface area contributed by atoms with Crippen LogP contribution in [0.3, 0.4) is 0 Å². The molecule has 7 nitrogen and oxygen atoms in total. The van der Waals surface area contributed by atoms with E-state index < -0.39 is 11.6 Å². The Kier molecular flexibility index (Phi) is 3.88. The Balaban J connectivity index is 1.96. The van der Waals surface area contributed by atoms with E-state index in [1.807, 2.05) is 6.92 Å². The normalized spacial score (nSPS) is 26.8. The zero-order valence-corrected chi connectivity index (χ0v) is 11.1. The average Bonchev–Trinajstić information content (AvgIpc) is 2.85. The Morgan fingerprint density at radius 1 is 1.74 bits per heavy atom. The largest absolute Gasteiger partial charge is 0.478 e. The molecule has 2 heterocycles. The van der Waals surface area contributed by atoms with Gasteiger partial charge in [0.2, 0.25) is 0 Å². The summed E-state index contributed by atoms with van der Waals surface area (Å²) < 4.78 is 6.86. The number of carboxylic acid groups (broad SMARTS) is 1. The van der Waals surface area contributed by atoms with Gasteiger partial charge in [-0.15, -0.1) is 0 Å². The second-order valence-corrected chi connectivity index (χ2v) is 4.90. The fourth-order valence-corrected chi connectivity index (χ4v) is 2.25. The molecule has 0 amide bonds. The van der Waals surface area contributed by atoms with Gasteiger partial charge in [-0.2, -0.15) is 5.10 Å². The molecule has 19 heavy (non-hydrogen) atoms. The van der Waals surface area contributed by atoms with Gasteiger partial charge in [-0.1, -0.05) is 0 Å². The van der Waals surface area contributed by atoms with Gasteiger partial charge in [-0.25, -0.2) is 4.79 Å². The number of rotatable bonds is 5. The van der Waals surface area contributed by atoms with E-state index in [2.05, 4.69) is 10.4 Å². The molecule has 0 bridgehead atoms. The summed E-state index contributed by atoms with van der Waals surface area (Å²) in [4.78, 5) is 11.0. The third kappa shape index (κ3) is 2.78. The molecule has 0 aromatic carbocycles. The van der Waals surface area contributed by atoms with Gasteiger partial charge in [-0.05, 0) is 6.92 Å². The van der Waals surface area contributed by atoms with Crippen molar-refractivity contribution in [3.8, 4) is 0 Å². The summed E-state index contributed by atoms with van der Waals surface area (Å²) in [5.41, 5.74) is -0.123. The number of aryl methyl sites for hydroxylation is 1. The summed E-state index contributed by atoms with van der Waals surface area (Å²) in [5, 5.41) is 26.4. The number of aliphatic hydroxyl groups is 1. The SMILES string of the molecule is CC1OCCC1(O)CNCc1c(C(=O)O)cnn1C. The minimum atomic E-state index is -0.999. The third-order valence-electron chi connectivity index (χ3n) is 3.68. The molecule has 0 saturated carbocycles. The van der Waals surface area contributed by atoms with Crippen LogP contribution in [-0.4, -0.2) is 50.8 Å². The molecule has 1 aromatic rings. The molecule has 1 aliphatic rings. The van der Waals surface area contributed by atoms with Gasteiger partial charge in [0, 0.05) is 33.2 Å². The fourth-order valence-electron chi connectivity index (χ4n) is 2.25. The molecule has 1 aliphatic heterocycles. The van der Waals surface area contributed by atoms with Crippen molar-refractivity contribution in [1.29, 1.82) is 0 Å². The highest BCUT2D eigenvalue weighted by Gasteiger charge is 2.39. The average molecular weight is 269 g/mol. The first-order chi connectivity index (χ1) is 8.94. The van der Waals surface area contributed by atoms with Crippen molar-refractivity contribution in [2.24, 2.45) is 7.05 Å². The summed E-state index contributed by atoms with van der Waals surface area (Å²) in [6.07, 6.45) is 1.69. The molecule has 2 atom stereocenters. The predicted molar refractivity (Wildman–Crippen MR) is 66.9 cm³/mol. The maximum absolute atomic E-state index is 11.0. The lowest BCUT2D eigenvalue weighted by molar-refractivity contribution is -0.0263. The van der Waals surface area contributed by atoms with Crippen LogP contribution in [0.4, 0.5) is 0 Å². The molecular weight excluding hydrogens is 250 g/mol. The standard InChI is InChI=1S/C12H19N3O4/c1-8-12(18,3-4-19-8)7-13-6-10-9(11(16)17)5-14-15(10)2/h5,8,13,18H,3-4,6-7H2,1-2H3,(H,16,17). The number of ether oxygens (including phenoxy) is 1. The fraction of sp³-hybridized carbons (Fsp3) is 0.667. The molecule has 0 radical (unpaired) electrons. The number of aromatic carboxylic acids is 1. The van der Waals surface area contributed by atoms with Crippen molar-refractivity contribution in [2.45, 2.75) is 31.6 Å². The van der Waals surface area contributed by atoms with Crippen LogP contribution >= 0.6 is 0 Å². The number of hydrogen-bond donors (Lipinski definition) is 3. The van der Waals surface area contributed by atoms with Crippen LogP contribution in [0.15, 0.2) is 6.20 Å². The molecule has 0 spiro atoms. The lowest BCUT2D eigenvalue weighted by atomic mass is 9.97. The highest BCUT2D eigenvalue weighted by molar-refractivity contribution is 5.88. The van der Waals surface area contributed by atoms with E-state index in [1.54, 1.807) is 7.05 Å². The quantitative estimate of drug-likeness (QED) is 0.682. The summed E-state index contributed by atoms with van der Waals surface area (Å²) in [5.74, 6) is -0.999. The van der Waals surface area contributed by atoms with Crippen LogP contribution in [0, 0.1) is 0 Å². The number of carboxylic acids is 1. The minimum absolute atomic E-state index is 0.178. The Morgan fingerprint density at radius 2 is 2.47 bits per heavy atom. The van der Waals surface area contributed by atoms with Gasteiger partial charge in [-0.3, -0.25) is 4.68 Å². The molecular formula is C12H19N3O4. The second-order valence-electron chi connectivity index (χ2n) is 4.90. The van der Waals surface area contributed by atoms with Gasteiger partial charge < -0.3 is 20.3 Å². The third-order valence-corrected chi connectivity index (χ3v) is 3.68. The number of hydrogen-bond acceptors (Lipinski definition) is 5. The molecule has 7 heteroatoms. The van der Waals surface area contributed by atoms with E-state index >= 15 is 0 Å². The first-order valence-electron chi connectivity index (χ1n) is 6.23. The zero-order chi connectivity index (χ0) is 14.0. The van der Waals surface area contributed by atoms with Crippen molar-refractivity contribution in [2.75, 3.05) is 13.2 Å². The van der Waals surface area contributed by atoms with Crippen molar-refractivity contribution >= 4 is 5.97 Å². The maximum atomic E-state index is 11.0. The van der Waals surface area contributed by atoms with E-state index in [0.717, 1.165) is 0 Å². The second kappa shape index (κ2) is 5.28. The van der Waals surface area contributed by atoms with Crippen LogP contribution < -0.4 is 5.32 Å². The molecule has 1 saturated heterocycles. The van der Waals surface area contributed by atoms with Crippen LogP contribution in [0.1, 0.15) is 29.4 Å². The lowest BCUT2D eigenvalue weighted by Crippen LogP contribution is -2.45. The lowest BCUT2D eigenvalue weighted by Gasteiger charge is -2.26. The van der Waals surface area contributed by atoms with Crippen molar-refractivity contribution < 1.29 is 19.7 Å². The molecule has 0 aliphatic carbocycles. The highest BCUT2D eigenvalue weighted by Crippen LogP contribution is 2.24. The molecule has 106 valence electrons. The van der Waals surface area contributed by atoms with E-state index in [4.69, 9.17) is 9.84 Å². The topological polar surface area (TPSA) is 96.6 Å². The van der Waals surface area contributed by atoms with Gasteiger partial charge in [0.25, 0.3) is 0 Å². The summed E-state index contributed by atoms with van der Waals surface area (Å²) >= 11 is 0. The molecule has 2 rings (SSSR count). The monoisotopic (exact) mass is 269 g/mol. The Hall–Kier alpha value is -1.44. The van der Waals surface area contributed by atoms with Gasteiger partial charge in [0.1, 0.15) is 11.2 Å². The van der Waals surface area contributed by atoms with Crippen molar-refractivity contribution in [1.82, 2.24) is 15.1 Å². The van der Waals surface area contributed by atoms with E-state index in [0.29, 0.717) is 31.8 Å². The summed E-state index contributed by atoms with van der Waals surface area (Å²) in [6.45, 7) is 3.08. The Labute approximate surface area is 111 Å². The van der Waals surface area contributed by atoms with E-state index in [-0.39, 0.29) is 11.7 Å². The van der Waals surface area contributed by atoms with Gasteiger partial charge in [0.05, 0.1) is 18.0 Å². The van der Waals surface area contributed by atoms with Crippen LogP contribution in [0.25, 0.3) is 0 Å². The van der Waals surface area contributed by atoms with Crippen LogP contribution in [0.5, 0.6) is 0 Å². The van der Waals surface area contributed by atoms with Crippen LogP contribution in [-0.2, 0) is 18.3 Å². The first-order valence-corrected chi connectivity index (χ1v) is 6.23. The highest BCUT2D eigenvalue weighted by atomic mass is 16.5. The number of aromatic nitrogens is 2. The van der Waals surface area contributed by atoms with Crippen LogP contribution in [0.2, 0.25) is 0 Å². The van der Waals surface area contributed by atoms with E-state index in [9.17, 15) is 9.90 Å². The molecule has 1 aromatic heterocycles. The van der Waals surface area contributed by atoms with E-state index in [1.165, 1.54) is 10.9 Å². The molecule has 3 N–H and O–H groups in total. The summed E-state index contributed by atoms with van der Waals surface area (Å²) in [6, 6.07) is 0.